The minimum atomic E-state index is -0.570. The zero-order valence-electron chi connectivity index (χ0n) is 15.3. The molecule has 2 aromatic rings. The summed E-state index contributed by atoms with van der Waals surface area (Å²) in [6.45, 7) is 1.53. The van der Waals surface area contributed by atoms with Crippen molar-refractivity contribution in [2.75, 3.05) is 33.8 Å². The molecule has 2 amide bonds. The highest BCUT2D eigenvalue weighted by molar-refractivity contribution is 5.95. The van der Waals surface area contributed by atoms with E-state index in [0.717, 1.165) is 11.1 Å². The van der Waals surface area contributed by atoms with Crippen molar-refractivity contribution in [3.8, 4) is 17.0 Å². The van der Waals surface area contributed by atoms with Crippen LogP contribution in [0.2, 0.25) is 0 Å². The summed E-state index contributed by atoms with van der Waals surface area (Å²) in [5.41, 5.74) is 1.86. The summed E-state index contributed by atoms with van der Waals surface area (Å²) in [5.74, 6) is 0.491. The molecule has 0 saturated carbocycles. The Morgan fingerprint density at radius 2 is 2.07 bits per heavy atom. The fourth-order valence-electron chi connectivity index (χ4n) is 3.71. The third kappa shape index (κ3) is 3.20. The molecule has 0 bridgehead atoms. The number of ether oxygens (including phenoxy) is 2. The average Bonchev–Trinajstić information content (AvgIpc) is 3.23. The Balaban J connectivity index is 1.52. The van der Waals surface area contributed by atoms with Gasteiger partial charge >= 0.3 is 6.09 Å². The van der Waals surface area contributed by atoms with Crippen LogP contribution in [-0.2, 0) is 4.74 Å². The van der Waals surface area contributed by atoms with Crippen molar-refractivity contribution >= 4 is 12.0 Å². The maximum absolute atomic E-state index is 13.0. The summed E-state index contributed by atoms with van der Waals surface area (Å²) in [6, 6.07) is 11.2. The van der Waals surface area contributed by atoms with Crippen LogP contribution in [-0.4, -0.2) is 66.2 Å². The van der Waals surface area contributed by atoms with Gasteiger partial charge in [0.1, 0.15) is 0 Å². The van der Waals surface area contributed by atoms with Crippen LogP contribution < -0.4 is 4.74 Å². The first kappa shape index (κ1) is 17.3. The first-order valence-electron chi connectivity index (χ1n) is 8.84. The molecule has 2 aliphatic heterocycles. The first-order valence-corrected chi connectivity index (χ1v) is 8.84. The van der Waals surface area contributed by atoms with Gasteiger partial charge in [-0.15, -0.1) is 0 Å². The van der Waals surface area contributed by atoms with E-state index in [4.69, 9.17) is 9.47 Å². The van der Waals surface area contributed by atoms with Gasteiger partial charge in [-0.25, -0.2) is 9.78 Å². The number of hydrogen-bond acceptors (Lipinski definition) is 5. The minimum Gasteiger partial charge on any atom is -0.481 e. The van der Waals surface area contributed by atoms with Crippen LogP contribution in [0.15, 0.2) is 42.6 Å². The minimum absolute atomic E-state index is 0.0548. The topological polar surface area (TPSA) is 72.0 Å². The lowest BCUT2D eigenvalue weighted by atomic mass is 10.0. The van der Waals surface area contributed by atoms with Crippen molar-refractivity contribution in [2.45, 2.75) is 12.0 Å². The molecule has 0 N–H and O–H groups in total. The van der Waals surface area contributed by atoms with E-state index in [-0.39, 0.29) is 12.0 Å². The quantitative estimate of drug-likeness (QED) is 0.833. The number of carbonyl (C=O) groups is 2. The smallest absolute Gasteiger partial charge is 0.410 e. The van der Waals surface area contributed by atoms with Crippen molar-refractivity contribution in [3.05, 3.63) is 48.2 Å². The van der Waals surface area contributed by atoms with Gasteiger partial charge in [-0.1, -0.05) is 12.1 Å². The molecule has 1 atom stereocenters. The van der Waals surface area contributed by atoms with Gasteiger partial charge in [0, 0.05) is 43.4 Å². The van der Waals surface area contributed by atoms with Crippen LogP contribution in [0, 0.1) is 0 Å². The standard InChI is InChI=1S/C20H21N3O4/c1-22-12-20(27-19(22)25)8-9-23(13-20)18(24)15-5-3-4-14(10-15)16-6-7-17(26-2)21-11-16/h3-7,10-11H,8-9,12-13H2,1-2H3/t20-/m1/s1. The van der Waals surface area contributed by atoms with Crippen molar-refractivity contribution in [1.82, 2.24) is 14.8 Å². The van der Waals surface area contributed by atoms with Gasteiger partial charge in [0.05, 0.1) is 20.2 Å². The Morgan fingerprint density at radius 3 is 2.74 bits per heavy atom. The molecular weight excluding hydrogens is 346 g/mol. The first-order chi connectivity index (χ1) is 13.0. The molecule has 0 radical (unpaired) electrons. The highest BCUT2D eigenvalue weighted by Gasteiger charge is 2.49. The third-order valence-corrected chi connectivity index (χ3v) is 5.13. The Kier molecular flexibility index (Phi) is 4.22. The summed E-state index contributed by atoms with van der Waals surface area (Å²) >= 11 is 0. The number of aromatic nitrogens is 1. The Morgan fingerprint density at radius 1 is 1.22 bits per heavy atom. The van der Waals surface area contributed by atoms with E-state index in [0.29, 0.717) is 37.5 Å². The molecule has 4 rings (SSSR count). The number of likely N-dealkylation sites (N-methyl/N-ethyl adjacent to an activating group) is 1. The van der Waals surface area contributed by atoms with E-state index < -0.39 is 5.60 Å². The van der Waals surface area contributed by atoms with E-state index >= 15 is 0 Å². The van der Waals surface area contributed by atoms with Gasteiger partial charge < -0.3 is 19.3 Å². The Hall–Kier alpha value is -3.09. The zero-order valence-corrected chi connectivity index (χ0v) is 15.3. The monoisotopic (exact) mass is 367 g/mol. The fourth-order valence-corrected chi connectivity index (χ4v) is 3.71. The molecule has 0 aliphatic carbocycles. The number of rotatable bonds is 3. The molecule has 7 nitrogen and oxygen atoms in total. The van der Waals surface area contributed by atoms with Gasteiger partial charge in [0.25, 0.3) is 5.91 Å². The molecule has 140 valence electrons. The van der Waals surface area contributed by atoms with Crippen LogP contribution >= 0.6 is 0 Å². The van der Waals surface area contributed by atoms with E-state index in [1.807, 2.05) is 24.3 Å². The Labute approximate surface area is 157 Å². The maximum atomic E-state index is 13.0. The molecule has 2 fully saturated rings. The lowest BCUT2D eigenvalue weighted by Gasteiger charge is -2.22. The van der Waals surface area contributed by atoms with Gasteiger partial charge in [-0.05, 0) is 23.8 Å². The molecule has 1 spiro atoms. The number of methoxy groups -OCH3 is 1. The lowest BCUT2D eigenvalue weighted by Crippen LogP contribution is -2.39. The Bertz CT molecular complexity index is 883. The molecule has 0 unspecified atom stereocenters. The van der Waals surface area contributed by atoms with Crippen molar-refractivity contribution in [2.24, 2.45) is 0 Å². The predicted molar refractivity (Wildman–Crippen MR) is 98.6 cm³/mol. The SMILES string of the molecule is COc1ccc(-c2cccc(C(=O)N3CC[C@@]4(CN(C)C(=O)O4)C3)c2)cn1. The number of hydrogen-bond donors (Lipinski definition) is 0. The molecule has 1 aromatic carbocycles. The van der Waals surface area contributed by atoms with E-state index in [9.17, 15) is 9.59 Å². The van der Waals surface area contributed by atoms with E-state index in [2.05, 4.69) is 4.98 Å². The summed E-state index contributed by atoms with van der Waals surface area (Å²) in [6.07, 6.45) is 2.07. The average molecular weight is 367 g/mol. The number of amides is 2. The summed E-state index contributed by atoms with van der Waals surface area (Å²) in [5, 5.41) is 0. The zero-order chi connectivity index (χ0) is 19.0. The van der Waals surface area contributed by atoms with Crippen LogP contribution in [0.1, 0.15) is 16.8 Å². The van der Waals surface area contributed by atoms with E-state index in [1.165, 1.54) is 0 Å². The second-order valence-corrected chi connectivity index (χ2v) is 7.05. The number of carbonyl (C=O) groups excluding carboxylic acids is 2. The van der Waals surface area contributed by atoms with E-state index in [1.54, 1.807) is 42.3 Å². The highest BCUT2D eigenvalue weighted by Crippen LogP contribution is 2.32. The molecule has 27 heavy (non-hydrogen) atoms. The molecule has 2 aliphatic rings. The number of pyridine rings is 1. The van der Waals surface area contributed by atoms with Gasteiger partial charge in [0.2, 0.25) is 5.88 Å². The lowest BCUT2D eigenvalue weighted by molar-refractivity contribution is 0.0553. The third-order valence-electron chi connectivity index (χ3n) is 5.13. The largest absolute Gasteiger partial charge is 0.481 e. The molecule has 7 heteroatoms. The molecule has 2 saturated heterocycles. The van der Waals surface area contributed by atoms with Crippen LogP contribution in [0.4, 0.5) is 4.79 Å². The molecule has 3 heterocycles. The van der Waals surface area contributed by atoms with Gasteiger partial charge in [-0.3, -0.25) is 4.79 Å². The second-order valence-electron chi connectivity index (χ2n) is 7.05. The van der Waals surface area contributed by atoms with Crippen LogP contribution in [0.5, 0.6) is 5.88 Å². The number of likely N-dealkylation sites (tertiary alicyclic amines) is 1. The van der Waals surface area contributed by atoms with Crippen molar-refractivity contribution in [1.29, 1.82) is 0 Å². The number of benzene rings is 1. The molecule has 1 aromatic heterocycles. The highest BCUT2D eigenvalue weighted by atomic mass is 16.6. The van der Waals surface area contributed by atoms with Crippen LogP contribution in [0.25, 0.3) is 11.1 Å². The fraction of sp³-hybridized carbons (Fsp3) is 0.350. The van der Waals surface area contributed by atoms with Crippen molar-refractivity contribution < 1.29 is 19.1 Å². The number of nitrogens with zero attached hydrogens (tertiary/aromatic N) is 3. The van der Waals surface area contributed by atoms with Crippen LogP contribution in [0.3, 0.4) is 0 Å². The van der Waals surface area contributed by atoms with Crippen molar-refractivity contribution in [3.63, 3.8) is 0 Å². The summed E-state index contributed by atoms with van der Waals surface area (Å²) in [4.78, 5) is 32.2. The molecular formula is C20H21N3O4. The predicted octanol–water partition coefficient (Wildman–Crippen LogP) is 2.42. The van der Waals surface area contributed by atoms with Gasteiger partial charge in [0.15, 0.2) is 5.60 Å². The summed E-state index contributed by atoms with van der Waals surface area (Å²) in [7, 11) is 3.29. The summed E-state index contributed by atoms with van der Waals surface area (Å²) < 4.78 is 10.6. The van der Waals surface area contributed by atoms with Gasteiger partial charge in [-0.2, -0.15) is 0 Å². The normalized spacial score (nSPS) is 21.6. The maximum Gasteiger partial charge on any atom is 0.410 e. The second kappa shape index (κ2) is 6.57.